The molecule has 0 amide bonds. The van der Waals surface area contributed by atoms with E-state index in [2.05, 4.69) is 17.1 Å². The van der Waals surface area contributed by atoms with Crippen LogP contribution in [0.2, 0.25) is 0 Å². The van der Waals surface area contributed by atoms with Gasteiger partial charge < -0.3 is 4.52 Å². The van der Waals surface area contributed by atoms with Crippen LogP contribution in [-0.4, -0.2) is 10.1 Å². The van der Waals surface area contributed by atoms with Crippen molar-refractivity contribution in [2.45, 2.75) is 20.3 Å². The summed E-state index contributed by atoms with van der Waals surface area (Å²) in [6.07, 6.45) is 4.79. The molecule has 0 saturated heterocycles. The first-order chi connectivity index (χ1) is 4.83. The van der Waals surface area contributed by atoms with Crippen LogP contribution in [-0.2, 0) is 0 Å². The molecule has 1 aromatic rings. The average Bonchev–Trinajstić information content (AvgIpc) is 2.31. The van der Waals surface area contributed by atoms with Crippen LogP contribution in [0.3, 0.4) is 0 Å². The molecule has 0 unspecified atom stereocenters. The molecular formula is C7H10N2O. The zero-order chi connectivity index (χ0) is 7.40. The number of hydrogen-bond donors (Lipinski definition) is 0. The largest absolute Gasteiger partial charge is 0.335 e. The van der Waals surface area contributed by atoms with E-state index < -0.39 is 0 Å². The molecule has 1 rings (SSSR count). The topological polar surface area (TPSA) is 38.9 Å². The third-order valence-electron chi connectivity index (χ3n) is 1.04. The predicted octanol–water partition coefficient (Wildman–Crippen LogP) is 1.80. The third kappa shape index (κ3) is 1.69. The van der Waals surface area contributed by atoms with E-state index in [1.807, 2.05) is 12.2 Å². The van der Waals surface area contributed by atoms with Gasteiger partial charge in [0.25, 0.3) is 0 Å². The molecule has 0 aliphatic carbocycles. The Morgan fingerprint density at radius 2 is 2.40 bits per heavy atom. The van der Waals surface area contributed by atoms with Crippen LogP contribution in [0.15, 0.2) is 10.6 Å². The van der Waals surface area contributed by atoms with Gasteiger partial charge in [-0.05, 0) is 19.4 Å². The van der Waals surface area contributed by atoms with Gasteiger partial charge in [0.2, 0.25) is 5.89 Å². The lowest BCUT2D eigenvalue weighted by Gasteiger charge is -1.75. The summed E-state index contributed by atoms with van der Waals surface area (Å²) in [6.45, 7) is 3.85. The minimum absolute atomic E-state index is 0.583. The molecule has 10 heavy (non-hydrogen) atoms. The van der Waals surface area contributed by atoms with Crippen LogP contribution in [0.5, 0.6) is 0 Å². The number of nitrogens with zero attached hydrogens (tertiary/aromatic N) is 2. The Morgan fingerprint density at radius 3 is 2.90 bits per heavy atom. The fourth-order valence-electron chi connectivity index (χ4n) is 0.599. The van der Waals surface area contributed by atoms with Gasteiger partial charge in [-0.2, -0.15) is 4.98 Å². The summed E-state index contributed by atoms with van der Waals surface area (Å²) in [7, 11) is 0. The highest BCUT2D eigenvalue weighted by molar-refractivity contribution is 5.36. The highest BCUT2D eigenvalue weighted by Crippen LogP contribution is 1.98. The second-order valence-electron chi connectivity index (χ2n) is 1.99. The van der Waals surface area contributed by atoms with E-state index >= 15 is 0 Å². The fraction of sp³-hybridized carbons (Fsp3) is 0.429. The van der Waals surface area contributed by atoms with E-state index in [0.29, 0.717) is 11.7 Å². The van der Waals surface area contributed by atoms with E-state index in [-0.39, 0.29) is 0 Å². The van der Waals surface area contributed by atoms with Crippen molar-refractivity contribution in [2.24, 2.45) is 0 Å². The van der Waals surface area contributed by atoms with Crippen molar-refractivity contribution in [1.29, 1.82) is 0 Å². The molecule has 0 radical (unpaired) electrons. The highest BCUT2D eigenvalue weighted by Gasteiger charge is 1.94. The Hall–Kier alpha value is -1.12. The smallest absolute Gasteiger partial charge is 0.250 e. The van der Waals surface area contributed by atoms with Gasteiger partial charge in [-0.1, -0.05) is 18.2 Å². The number of hydrogen-bond acceptors (Lipinski definition) is 3. The first-order valence-electron chi connectivity index (χ1n) is 3.29. The molecule has 1 aromatic heterocycles. The average molecular weight is 138 g/mol. The van der Waals surface area contributed by atoms with Gasteiger partial charge in [0.15, 0.2) is 5.82 Å². The molecule has 3 nitrogen and oxygen atoms in total. The maximum atomic E-state index is 4.82. The summed E-state index contributed by atoms with van der Waals surface area (Å²) in [5, 5.41) is 3.63. The molecule has 0 aliphatic heterocycles. The molecular weight excluding hydrogens is 128 g/mol. The lowest BCUT2D eigenvalue weighted by molar-refractivity contribution is 0.405. The maximum absolute atomic E-state index is 4.82. The lowest BCUT2D eigenvalue weighted by Crippen LogP contribution is -1.71. The van der Waals surface area contributed by atoms with Crippen LogP contribution < -0.4 is 0 Å². The molecule has 0 fully saturated rings. The molecule has 0 aromatic carbocycles. The zero-order valence-electron chi connectivity index (χ0n) is 6.16. The first-order valence-corrected chi connectivity index (χ1v) is 3.29. The summed E-state index contributed by atoms with van der Waals surface area (Å²) in [5.74, 6) is 1.26. The van der Waals surface area contributed by atoms with Gasteiger partial charge in [0.05, 0.1) is 0 Å². The Labute approximate surface area is 59.8 Å². The predicted molar refractivity (Wildman–Crippen MR) is 38.4 cm³/mol. The van der Waals surface area contributed by atoms with Crippen LogP contribution in [0, 0.1) is 6.92 Å². The van der Waals surface area contributed by atoms with E-state index in [9.17, 15) is 0 Å². The minimum atomic E-state index is 0.583. The monoisotopic (exact) mass is 138 g/mol. The molecule has 0 bridgehead atoms. The molecule has 0 N–H and O–H groups in total. The Bertz CT molecular complexity index is 227. The summed E-state index contributed by atoms with van der Waals surface area (Å²) in [5.41, 5.74) is 0. The minimum Gasteiger partial charge on any atom is -0.335 e. The fourth-order valence-corrected chi connectivity index (χ4v) is 0.599. The van der Waals surface area contributed by atoms with Gasteiger partial charge in [-0.15, -0.1) is 0 Å². The number of rotatable bonds is 2. The van der Waals surface area contributed by atoms with Gasteiger partial charge >= 0.3 is 0 Å². The zero-order valence-corrected chi connectivity index (χ0v) is 6.16. The lowest BCUT2D eigenvalue weighted by atomic mass is 10.4. The quantitative estimate of drug-likeness (QED) is 0.625. The third-order valence-corrected chi connectivity index (χ3v) is 1.04. The summed E-state index contributed by atoms with van der Waals surface area (Å²) < 4.78 is 4.82. The normalized spacial score (nSPS) is 11.0. The van der Waals surface area contributed by atoms with Crippen molar-refractivity contribution in [3.8, 4) is 0 Å². The van der Waals surface area contributed by atoms with Crippen molar-refractivity contribution < 1.29 is 4.52 Å². The van der Waals surface area contributed by atoms with Crippen LogP contribution in [0.4, 0.5) is 0 Å². The van der Waals surface area contributed by atoms with E-state index in [1.54, 1.807) is 6.92 Å². The van der Waals surface area contributed by atoms with Crippen molar-refractivity contribution in [1.82, 2.24) is 10.1 Å². The van der Waals surface area contributed by atoms with Crippen LogP contribution in [0.25, 0.3) is 6.08 Å². The Balaban J connectivity index is 2.67. The van der Waals surface area contributed by atoms with E-state index in [4.69, 9.17) is 4.52 Å². The molecule has 0 atom stereocenters. The number of aryl methyl sites for hydroxylation is 1. The molecule has 3 heteroatoms. The van der Waals surface area contributed by atoms with Crippen molar-refractivity contribution in [2.75, 3.05) is 0 Å². The summed E-state index contributed by atoms with van der Waals surface area (Å²) in [6, 6.07) is 0. The van der Waals surface area contributed by atoms with E-state index in [1.165, 1.54) is 0 Å². The molecule has 0 aliphatic rings. The number of allylic oxidation sites excluding steroid dienone is 1. The van der Waals surface area contributed by atoms with Gasteiger partial charge in [-0.3, -0.25) is 0 Å². The van der Waals surface area contributed by atoms with Crippen LogP contribution in [0.1, 0.15) is 25.1 Å². The molecule has 0 saturated carbocycles. The second-order valence-corrected chi connectivity index (χ2v) is 1.99. The Kier molecular flexibility index (Phi) is 2.20. The first kappa shape index (κ1) is 6.99. The highest BCUT2D eigenvalue weighted by atomic mass is 16.5. The van der Waals surface area contributed by atoms with E-state index in [0.717, 1.165) is 6.42 Å². The van der Waals surface area contributed by atoms with Gasteiger partial charge in [0.1, 0.15) is 0 Å². The molecule has 54 valence electrons. The maximum Gasteiger partial charge on any atom is 0.250 e. The second kappa shape index (κ2) is 3.15. The van der Waals surface area contributed by atoms with Crippen molar-refractivity contribution in [3.05, 3.63) is 17.8 Å². The SMILES string of the molecule is CC/C=C/c1nc(C)no1. The van der Waals surface area contributed by atoms with Crippen molar-refractivity contribution in [3.63, 3.8) is 0 Å². The summed E-state index contributed by atoms with van der Waals surface area (Å²) >= 11 is 0. The van der Waals surface area contributed by atoms with Gasteiger partial charge in [0, 0.05) is 0 Å². The molecule has 0 spiro atoms. The standard InChI is InChI=1S/C7H10N2O/c1-3-4-5-7-8-6(2)9-10-7/h4-5H,3H2,1-2H3/b5-4+. The Morgan fingerprint density at radius 1 is 1.60 bits per heavy atom. The molecule has 1 heterocycles. The van der Waals surface area contributed by atoms with Crippen LogP contribution >= 0.6 is 0 Å². The number of aromatic nitrogens is 2. The van der Waals surface area contributed by atoms with Crippen molar-refractivity contribution >= 4 is 6.08 Å². The van der Waals surface area contributed by atoms with Gasteiger partial charge in [-0.25, -0.2) is 0 Å². The summed E-state index contributed by atoms with van der Waals surface area (Å²) in [4.78, 5) is 3.98.